The van der Waals surface area contributed by atoms with Gasteiger partial charge in [-0.2, -0.15) is 0 Å². The van der Waals surface area contributed by atoms with Crippen molar-refractivity contribution in [3.8, 4) is 0 Å². The summed E-state index contributed by atoms with van der Waals surface area (Å²) in [6.07, 6.45) is 0. The molecule has 0 bridgehead atoms. The van der Waals surface area contributed by atoms with Crippen molar-refractivity contribution in [2.45, 2.75) is 0 Å². The van der Waals surface area contributed by atoms with Crippen LogP contribution in [0.2, 0.25) is 0 Å². The topological polar surface area (TPSA) is 0 Å². The zero-order valence-corrected chi connectivity index (χ0v) is 9.57. The van der Waals surface area contributed by atoms with Gasteiger partial charge in [-0.05, 0) is 0 Å². The van der Waals surface area contributed by atoms with Crippen LogP contribution in [0.15, 0.2) is 0 Å². The Morgan fingerprint density at radius 3 is 1.00 bits per heavy atom. The van der Waals surface area contributed by atoms with Crippen LogP contribution in [0.1, 0.15) is 0 Å². The Labute approximate surface area is 50.3 Å². The van der Waals surface area contributed by atoms with Gasteiger partial charge in [0.15, 0.2) is 0 Å². The van der Waals surface area contributed by atoms with E-state index in [0.29, 0.717) is 0 Å². The molecule has 0 heterocycles. The SMILES string of the molecule is [Br][Zn-]([Br])[Br]. The van der Waals surface area contributed by atoms with Crippen molar-refractivity contribution in [1.29, 1.82) is 0 Å². The summed E-state index contributed by atoms with van der Waals surface area (Å²) in [7, 11) is -1.19. The summed E-state index contributed by atoms with van der Waals surface area (Å²) in [4.78, 5) is 0. The van der Waals surface area contributed by atoms with Crippen LogP contribution in [0.4, 0.5) is 0 Å². The van der Waals surface area contributed by atoms with Gasteiger partial charge in [-0.1, -0.05) is 0 Å². The van der Waals surface area contributed by atoms with E-state index in [4.69, 9.17) is 0 Å². The average Bonchev–Trinajstić information content (AvgIpc) is 0.811. The van der Waals surface area contributed by atoms with E-state index in [1.165, 1.54) is 0 Å². The van der Waals surface area contributed by atoms with E-state index >= 15 is 0 Å². The zero-order valence-electron chi connectivity index (χ0n) is 1.84. The molecular weight excluding hydrogens is 305 g/mol. The van der Waals surface area contributed by atoms with Crippen LogP contribution in [0.3, 0.4) is 0 Å². The molecule has 0 fully saturated rings. The van der Waals surface area contributed by atoms with Crippen LogP contribution in [0, 0.1) is 0 Å². The number of halogens is 3. The Bertz CT molecular complexity index is 8.00. The van der Waals surface area contributed by atoms with Crippen LogP contribution in [0.25, 0.3) is 0 Å². The molecule has 0 saturated heterocycles. The third kappa shape index (κ3) is 8.96. The van der Waals surface area contributed by atoms with Crippen molar-refractivity contribution < 1.29 is 10.1 Å². The molecule has 0 aliphatic rings. The van der Waals surface area contributed by atoms with Gasteiger partial charge < -0.3 is 0 Å². The second-order valence-electron chi connectivity index (χ2n) is 0.303. The Balaban J connectivity index is 2.32. The summed E-state index contributed by atoms with van der Waals surface area (Å²) < 4.78 is 0. The molecule has 0 aromatic carbocycles. The number of hydrogen-bond donors (Lipinski definition) is 0. The maximum absolute atomic E-state index is 3.31. The zero-order chi connectivity index (χ0) is 3.58. The second-order valence-corrected chi connectivity index (χ2v) is 42.5. The Morgan fingerprint density at radius 2 is 1.00 bits per heavy atom. The Hall–Kier alpha value is 2.06. The van der Waals surface area contributed by atoms with Crippen LogP contribution < -0.4 is 0 Å². The summed E-state index contributed by atoms with van der Waals surface area (Å²) in [5.74, 6) is 0. The van der Waals surface area contributed by atoms with Crippen LogP contribution in [-0.4, -0.2) is 0 Å². The van der Waals surface area contributed by atoms with Gasteiger partial charge in [0.1, 0.15) is 0 Å². The van der Waals surface area contributed by atoms with Gasteiger partial charge in [-0.3, -0.25) is 0 Å². The predicted molar refractivity (Wildman–Crippen MR) is 26.8 cm³/mol. The van der Waals surface area contributed by atoms with E-state index in [1.807, 2.05) is 0 Å². The molecule has 0 atom stereocenters. The first kappa shape index (κ1) is 6.06. The summed E-state index contributed by atoms with van der Waals surface area (Å²) in [6.45, 7) is 0. The van der Waals surface area contributed by atoms with Gasteiger partial charge >= 0.3 is 50.9 Å². The van der Waals surface area contributed by atoms with Crippen molar-refractivity contribution in [2.24, 2.45) is 0 Å². The molecule has 0 radical (unpaired) electrons. The molecule has 0 aliphatic heterocycles. The Kier molecular flexibility index (Phi) is 4.94. The molecule has 0 aromatic heterocycles. The van der Waals surface area contributed by atoms with Crippen LogP contribution >= 0.6 is 40.9 Å². The Morgan fingerprint density at radius 1 is 1.00 bits per heavy atom. The van der Waals surface area contributed by atoms with E-state index in [0.717, 1.165) is 0 Å². The molecule has 0 N–H and O–H groups in total. The third-order valence-corrected chi connectivity index (χ3v) is 0. The van der Waals surface area contributed by atoms with Crippen molar-refractivity contribution in [1.82, 2.24) is 0 Å². The standard InChI is InChI=1S/3BrH.Zn/h3*1H;/q;;;+2/p-3. The molecule has 0 aromatic rings. The summed E-state index contributed by atoms with van der Waals surface area (Å²) in [5.41, 5.74) is 0. The molecule has 0 amide bonds. The van der Waals surface area contributed by atoms with Crippen molar-refractivity contribution in [2.75, 3.05) is 0 Å². The van der Waals surface area contributed by atoms with Crippen molar-refractivity contribution >= 4 is 40.9 Å². The van der Waals surface area contributed by atoms with Crippen molar-refractivity contribution in [3.63, 3.8) is 0 Å². The van der Waals surface area contributed by atoms with Crippen LogP contribution in [-0.2, 0) is 10.1 Å². The van der Waals surface area contributed by atoms with Gasteiger partial charge in [0.25, 0.3) is 0 Å². The first-order valence-electron chi connectivity index (χ1n) is 0.802. The van der Waals surface area contributed by atoms with Gasteiger partial charge in [0.05, 0.1) is 0 Å². The van der Waals surface area contributed by atoms with E-state index < -0.39 is 10.1 Å². The second kappa shape index (κ2) is 3.26. The maximum atomic E-state index is 3.31. The number of rotatable bonds is 0. The molecular formula is Br3Zn-. The first-order chi connectivity index (χ1) is 1.73. The van der Waals surface area contributed by atoms with E-state index in [-0.39, 0.29) is 0 Å². The van der Waals surface area contributed by atoms with Gasteiger partial charge in [-0.15, -0.1) is 0 Å². The van der Waals surface area contributed by atoms with E-state index in [9.17, 15) is 0 Å². The quantitative estimate of drug-likeness (QED) is 0.603. The molecule has 24 valence electrons. The van der Waals surface area contributed by atoms with Crippen molar-refractivity contribution in [3.05, 3.63) is 0 Å². The van der Waals surface area contributed by atoms with Crippen LogP contribution in [0.5, 0.6) is 0 Å². The summed E-state index contributed by atoms with van der Waals surface area (Å²) in [5, 5.41) is 0. The summed E-state index contributed by atoms with van der Waals surface area (Å²) >= 11 is 9.94. The molecule has 0 saturated carbocycles. The molecule has 0 spiro atoms. The molecule has 0 unspecified atom stereocenters. The third-order valence-electron chi connectivity index (χ3n) is 0. The first-order valence-corrected chi connectivity index (χ1v) is 21.6. The predicted octanol–water partition coefficient (Wildman–Crippen LogP) is 2.53. The van der Waals surface area contributed by atoms with Gasteiger partial charge in [0.2, 0.25) is 0 Å². The van der Waals surface area contributed by atoms with Gasteiger partial charge in [-0.25, -0.2) is 0 Å². The normalized spacial score (nSPS) is 6.75. The molecule has 0 aliphatic carbocycles. The minimum absolute atomic E-state index is 1.19. The average molecular weight is 305 g/mol. The van der Waals surface area contributed by atoms with Gasteiger partial charge in [0, 0.05) is 0 Å². The fraction of sp³-hybridized carbons (Fsp3) is 0. The molecule has 0 rings (SSSR count). The van der Waals surface area contributed by atoms with E-state index in [2.05, 4.69) is 40.9 Å². The monoisotopic (exact) mass is 301 g/mol. The van der Waals surface area contributed by atoms with E-state index in [1.54, 1.807) is 0 Å². The summed E-state index contributed by atoms with van der Waals surface area (Å²) in [6, 6.07) is 0. The number of hydrogen-bond acceptors (Lipinski definition) is 0. The fourth-order valence-corrected chi connectivity index (χ4v) is 0. The fourth-order valence-electron chi connectivity index (χ4n) is 0. The minimum atomic E-state index is -1.19. The molecule has 0 nitrogen and oxygen atoms in total. The molecule has 4 heavy (non-hydrogen) atoms. The molecule has 4 heteroatoms.